The minimum Gasteiger partial charge on any atom is -0.356 e. The third-order valence-corrected chi connectivity index (χ3v) is 8.62. The van der Waals surface area contributed by atoms with Crippen LogP contribution in [-0.4, -0.2) is 0 Å². The number of anilines is 4. The van der Waals surface area contributed by atoms with E-state index in [4.69, 9.17) is 0 Å². The first-order valence-corrected chi connectivity index (χ1v) is 16.8. The minimum atomic E-state index is 1.07. The van der Waals surface area contributed by atoms with Crippen molar-refractivity contribution in [3.63, 3.8) is 0 Å². The Hall–Kier alpha value is -5.08. The molecule has 46 heavy (non-hydrogen) atoms. The summed E-state index contributed by atoms with van der Waals surface area (Å²) in [6.07, 6.45) is 7.07. The molecular formula is C44H44N2. The van der Waals surface area contributed by atoms with Gasteiger partial charge in [0.15, 0.2) is 0 Å². The zero-order valence-corrected chi connectivity index (χ0v) is 27.1. The molecule has 230 valence electrons. The van der Waals surface area contributed by atoms with E-state index in [2.05, 4.69) is 158 Å². The Bertz CT molecular complexity index is 1680. The Balaban J connectivity index is 1.46. The summed E-state index contributed by atoms with van der Waals surface area (Å²) in [5.74, 6) is 0. The Morgan fingerprint density at radius 2 is 0.761 bits per heavy atom. The summed E-state index contributed by atoms with van der Waals surface area (Å²) in [7, 11) is 0. The van der Waals surface area contributed by atoms with E-state index in [1.54, 1.807) is 0 Å². The topological polar surface area (TPSA) is 24.1 Å². The molecule has 6 aromatic carbocycles. The average molecular weight is 601 g/mol. The van der Waals surface area contributed by atoms with Crippen molar-refractivity contribution in [3.8, 4) is 33.4 Å². The van der Waals surface area contributed by atoms with Crippen LogP contribution in [-0.2, 0) is 12.8 Å². The van der Waals surface area contributed by atoms with Crippen molar-refractivity contribution >= 4 is 22.7 Å². The van der Waals surface area contributed by atoms with E-state index in [1.165, 1.54) is 70.2 Å². The summed E-state index contributed by atoms with van der Waals surface area (Å²) >= 11 is 0. The molecule has 2 heteroatoms. The lowest BCUT2D eigenvalue weighted by atomic mass is 9.88. The van der Waals surface area contributed by atoms with Crippen molar-refractivity contribution in [2.75, 3.05) is 10.6 Å². The predicted octanol–water partition coefficient (Wildman–Crippen LogP) is 12.9. The van der Waals surface area contributed by atoms with Crippen molar-refractivity contribution in [1.82, 2.24) is 0 Å². The summed E-state index contributed by atoms with van der Waals surface area (Å²) in [5.41, 5.74) is 14.4. The summed E-state index contributed by atoms with van der Waals surface area (Å²) in [5, 5.41) is 7.26. The van der Waals surface area contributed by atoms with Gasteiger partial charge in [-0.3, -0.25) is 0 Å². The average Bonchev–Trinajstić information content (AvgIpc) is 3.11. The quantitative estimate of drug-likeness (QED) is 0.138. The molecule has 0 atom stereocenters. The molecule has 0 radical (unpaired) electrons. The van der Waals surface area contributed by atoms with Gasteiger partial charge < -0.3 is 10.6 Å². The molecule has 0 aliphatic heterocycles. The van der Waals surface area contributed by atoms with E-state index in [0.29, 0.717) is 0 Å². The molecule has 0 saturated carbocycles. The number of benzene rings is 6. The molecule has 0 amide bonds. The van der Waals surface area contributed by atoms with E-state index in [0.717, 1.165) is 35.6 Å². The van der Waals surface area contributed by atoms with Crippen LogP contribution in [0.25, 0.3) is 33.4 Å². The van der Waals surface area contributed by atoms with Crippen LogP contribution >= 0.6 is 0 Å². The first-order chi connectivity index (χ1) is 22.7. The van der Waals surface area contributed by atoms with Gasteiger partial charge in [0.05, 0.1) is 0 Å². The Morgan fingerprint density at radius 3 is 1.13 bits per heavy atom. The first kappa shape index (κ1) is 30.9. The van der Waals surface area contributed by atoms with Crippen LogP contribution in [0, 0.1) is 0 Å². The van der Waals surface area contributed by atoms with Crippen LogP contribution in [0.3, 0.4) is 0 Å². The summed E-state index contributed by atoms with van der Waals surface area (Å²) < 4.78 is 0. The molecule has 0 aromatic heterocycles. The highest BCUT2D eigenvalue weighted by Crippen LogP contribution is 2.41. The number of para-hydroxylation sites is 2. The van der Waals surface area contributed by atoms with Gasteiger partial charge in [-0.2, -0.15) is 0 Å². The van der Waals surface area contributed by atoms with Gasteiger partial charge in [0, 0.05) is 22.7 Å². The second-order valence-corrected chi connectivity index (χ2v) is 12.1. The fourth-order valence-electron chi connectivity index (χ4n) is 6.03. The van der Waals surface area contributed by atoms with Crippen LogP contribution in [0.15, 0.2) is 146 Å². The summed E-state index contributed by atoms with van der Waals surface area (Å²) in [4.78, 5) is 0. The van der Waals surface area contributed by atoms with Gasteiger partial charge in [0.25, 0.3) is 0 Å². The lowest BCUT2D eigenvalue weighted by Gasteiger charge is -2.19. The van der Waals surface area contributed by atoms with Crippen molar-refractivity contribution in [2.45, 2.75) is 52.4 Å². The van der Waals surface area contributed by atoms with Gasteiger partial charge in [-0.15, -0.1) is 0 Å². The largest absolute Gasteiger partial charge is 0.356 e. The van der Waals surface area contributed by atoms with Crippen molar-refractivity contribution in [1.29, 1.82) is 0 Å². The number of rotatable bonds is 13. The maximum Gasteiger partial charge on any atom is 0.0390 e. The van der Waals surface area contributed by atoms with Crippen LogP contribution in [0.5, 0.6) is 0 Å². The molecule has 0 aliphatic carbocycles. The third-order valence-electron chi connectivity index (χ3n) is 8.62. The Kier molecular flexibility index (Phi) is 10.3. The summed E-state index contributed by atoms with van der Waals surface area (Å²) in [6.45, 7) is 4.51. The fraction of sp³-hybridized carbons (Fsp3) is 0.182. The van der Waals surface area contributed by atoms with Crippen molar-refractivity contribution in [3.05, 3.63) is 157 Å². The number of nitrogens with one attached hydrogen (secondary N) is 2. The lowest BCUT2D eigenvalue weighted by Crippen LogP contribution is -1.96. The van der Waals surface area contributed by atoms with Crippen LogP contribution in [0.1, 0.15) is 50.7 Å². The number of aryl methyl sites for hydroxylation is 2. The normalized spacial score (nSPS) is 10.9. The maximum atomic E-state index is 3.63. The van der Waals surface area contributed by atoms with Crippen molar-refractivity contribution < 1.29 is 0 Å². The molecule has 0 fully saturated rings. The van der Waals surface area contributed by atoms with Crippen LogP contribution < -0.4 is 10.6 Å². The number of hydrogen-bond acceptors (Lipinski definition) is 2. The molecule has 2 nitrogen and oxygen atoms in total. The number of hydrogen-bond donors (Lipinski definition) is 2. The van der Waals surface area contributed by atoms with Gasteiger partial charge >= 0.3 is 0 Å². The van der Waals surface area contributed by atoms with Gasteiger partial charge in [-0.1, -0.05) is 124 Å². The van der Waals surface area contributed by atoms with Gasteiger partial charge in [0.1, 0.15) is 0 Å². The maximum absolute atomic E-state index is 3.63. The zero-order chi connectivity index (χ0) is 31.6. The Morgan fingerprint density at radius 1 is 0.370 bits per heavy atom. The van der Waals surface area contributed by atoms with E-state index >= 15 is 0 Å². The third kappa shape index (κ3) is 7.76. The van der Waals surface area contributed by atoms with E-state index < -0.39 is 0 Å². The van der Waals surface area contributed by atoms with E-state index in [-0.39, 0.29) is 0 Å². The van der Waals surface area contributed by atoms with Gasteiger partial charge in [-0.25, -0.2) is 0 Å². The highest BCUT2D eigenvalue weighted by atomic mass is 14.9. The van der Waals surface area contributed by atoms with Crippen LogP contribution in [0.4, 0.5) is 22.7 Å². The molecule has 0 saturated heterocycles. The molecule has 0 aliphatic rings. The lowest BCUT2D eigenvalue weighted by molar-refractivity contribution is 0.795. The first-order valence-electron chi connectivity index (χ1n) is 16.8. The van der Waals surface area contributed by atoms with Crippen LogP contribution in [0.2, 0.25) is 0 Å². The molecular weight excluding hydrogens is 556 g/mol. The van der Waals surface area contributed by atoms with Gasteiger partial charge in [-0.05, 0) is 119 Å². The van der Waals surface area contributed by atoms with E-state index in [9.17, 15) is 0 Å². The molecule has 0 unspecified atom stereocenters. The second-order valence-electron chi connectivity index (χ2n) is 12.1. The Labute approximate surface area is 275 Å². The molecule has 0 bridgehead atoms. The standard InChI is InChI=1S/C44H44N2/c1-3-5-13-33-19-23-35(24-20-33)43-31-39(45-37-15-9-7-10-16-37)27-29-41(43)42-30-28-40(46-38-17-11-8-12-18-38)32-44(42)36-25-21-34(22-26-36)14-6-4-2/h7-12,15-32,45-46H,3-6,13-14H2,1-2H3. The van der Waals surface area contributed by atoms with Gasteiger partial charge in [0.2, 0.25) is 0 Å². The minimum absolute atomic E-state index is 1.07. The molecule has 6 aromatic rings. The smallest absolute Gasteiger partial charge is 0.0390 e. The molecule has 0 spiro atoms. The van der Waals surface area contributed by atoms with Crippen molar-refractivity contribution in [2.24, 2.45) is 0 Å². The SMILES string of the molecule is CCCCc1ccc(-c2cc(Nc3ccccc3)ccc2-c2ccc(Nc3ccccc3)cc2-c2ccc(CCCC)cc2)cc1. The second kappa shape index (κ2) is 15.3. The molecule has 2 N–H and O–H groups in total. The highest BCUT2D eigenvalue weighted by Gasteiger charge is 2.15. The highest BCUT2D eigenvalue weighted by molar-refractivity contribution is 5.94. The predicted molar refractivity (Wildman–Crippen MR) is 199 cm³/mol. The fourth-order valence-corrected chi connectivity index (χ4v) is 6.03. The zero-order valence-electron chi connectivity index (χ0n) is 27.1. The molecule has 6 rings (SSSR count). The summed E-state index contributed by atoms with van der Waals surface area (Å²) in [6, 6.07) is 52.8. The molecule has 0 heterocycles. The monoisotopic (exact) mass is 600 g/mol. The van der Waals surface area contributed by atoms with E-state index in [1.807, 2.05) is 12.1 Å². The number of unbranched alkanes of at least 4 members (excludes halogenated alkanes) is 2.